The van der Waals surface area contributed by atoms with Crippen LogP contribution in [0.1, 0.15) is 0 Å². The average Bonchev–Trinajstić information content (AvgIpc) is 2.11. The Morgan fingerprint density at radius 3 is 2.20 bits per heavy atom. The van der Waals surface area contributed by atoms with Gasteiger partial charge < -0.3 is 0 Å². The van der Waals surface area contributed by atoms with Gasteiger partial charge in [0.15, 0.2) is 0 Å². The number of halogens is 3. The summed E-state index contributed by atoms with van der Waals surface area (Å²) in [5, 5.41) is 0. The molecule has 1 amide bonds. The zero-order valence-electron chi connectivity index (χ0n) is 4.51. The fourth-order valence-electron chi connectivity index (χ4n) is 0.415. The molecule has 0 N–H and O–H groups in total. The van der Waals surface area contributed by atoms with Crippen molar-refractivity contribution < 1.29 is 18.0 Å². The van der Waals surface area contributed by atoms with Crippen LogP contribution in [0.2, 0.25) is 0 Å². The summed E-state index contributed by atoms with van der Waals surface area (Å²) in [6.07, 6.45) is -4.08. The highest BCUT2D eigenvalue weighted by atomic mass is 19.4. The molecule has 54 valence electrons. The predicted molar refractivity (Wildman–Crippen MR) is 27.0 cm³/mol. The van der Waals surface area contributed by atoms with Crippen LogP contribution in [0.4, 0.5) is 13.2 Å². The van der Waals surface area contributed by atoms with Crippen LogP contribution in [0.5, 0.6) is 0 Å². The highest BCUT2D eigenvalue weighted by Crippen LogP contribution is 2.19. The SMILES string of the molecule is O=C1C=NC(C(F)(F)F)=N1. The number of alkyl halides is 3. The second-order valence-electron chi connectivity index (χ2n) is 1.53. The number of rotatable bonds is 0. The molecule has 0 aliphatic carbocycles. The highest BCUT2D eigenvalue weighted by Gasteiger charge is 2.38. The lowest BCUT2D eigenvalue weighted by Gasteiger charge is -1.99. The summed E-state index contributed by atoms with van der Waals surface area (Å²) in [7, 11) is 0. The fraction of sp³-hybridized carbons (Fsp3) is 0.250. The molecule has 1 heterocycles. The zero-order chi connectivity index (χ0) is 7.78. The first-order valence-corrected chi connectivity index (χ1v) is 2.24. The van der Waals surface area contributed by atoms with E-state index < -0.39 is 17.9 Å². The van der Waals surface area contributed by atoms with Crippen LogP contribution in [0.25, 0.3) is 0 Å². The summed E-state index contributed by atoms with van der Waals surface area (Å²) >= 11 is 0. The smallest absolute Gasteiger partial charge is 0.266 e. The van der Waals surface area contributed by atoms with Gasteiger partial charge in [-0.2, -0.15) is 18.2 Å². The Morgan fingerprint density at radius 2 is 2.00 bits per heavy atom. The third-order valence-corrected chi connectivity index (χ3v) is 0.767. The van der Waals surface area contributed by atoms with Crippen LogP contribution in [0, 0.1) is 0 Å². The second-order valence-corrected chi connectivity index (χ2v) is 1.53. The van der Waals surface area contributed by atoms with Gasteiger partial charge in [-0.3, -0.25) is 4.79 Å². The van der Waals surface area contributed by atoms with Crippen molar-refractivity contribution in [3.63, 3.8) is 0 Å². The van der Waals surface area contributed by atoms with E-state index in [9.17, 15) is 18.0 Å². The quantitative estimate of drug-likeness (QED) is 0.497. The molecule has 0 aromatic heterocycles. The molecule has 10 heavy (non-hydrogen) atoms. The molecule has 0 unspecified atom stereocenters. The van der Waals surface area contributed by atoms with Gasteiger partial charge in [0.05, 0.1) is 6.21 Å². The summed E-state index contributed by atoms with van der Waals surface area (Å²) in [6, 6.07) is 0. The topological polar surface area (TPSA) is 41.8 Å². The van der Waals surface area contributed by atoms with Crippen molar-refractivity contribution in [3.05, 3.63) is 0 Å². The van der Waals surface area contributed by atoms with Gasteiger partial charge in [0.2, 0.25) is 5.84 Å². The lowest BCUT2D eigenvalue weighted by atomic mass is 10.6. The number of carbonyl (C=O) groups is 1. The van der Waals surface area contributed by atoms with Crippen molar-refractivity contribution in [1.29, 1.82) is 0 Å². The Kier molecular flexibility index (Phi) is 1.31. The minimum absolute atomic E-state index is 0.531. The molecule has 1 aliphatic heterocycles. The molecular formula is C4HF3N2O. The fourth-order valence-corrected chi connectivity index (χ4v) is 0.415. The number of hydrogen-bond donors (Lipinski definition) is 0. The maximum absolute atomic E-state index is 11.5. The van der Waals surface area contributed by atoms with Crippen molar-refractivity contribution in [1.82, 2.24) is 0 Å². The first-order chi connectivity index (χ1) is 4.50. The van der Waals surface area contributed by atoms with Gasteiger partial charge >= 0.3 is 6.18 Å². The van der Waals surface area contributed by atoms with Gasteiger partial charge in [-0.25, -0.2) is 4.99 Å². The molecular weight excluding hydrogens is 149 g/mol. The van der Waals surface area contributed by atoms with E-state index in [1.165, 1.54) is 0 Å². The van der Waals surface area contributed by atoms with Crippen LogP contribution in [-0.4, -0.2) is 24.1 Å². The minimum Gasteiger partial charge on any atom is -0.266 e. The molecule has 1 aliphatic rings. The summed E-state index contributed by atoms with van der Waals surface area (Å²) in [4.78, 5) is 15.4. The molecule has 3 nitrogen and oxygen atoms in total. The van der Waals surface area contributed by atoms with Crippen LogP contribution < -0.4 is 0 Å². The van der Waals surface area contributed by atoms with E-state index in [-0.39, 0.29) is 0 Å². The molecule has 0 aromatic carbocycles. The normalized spacial score (nSPS) is 17.9. The Hall–Kier alpha value is -1.20. The van der Waals surface area contributed by atoms with E-state index in [1.54, 1.807) is 0 Å². The highest BCUT2D eigenvalue weighted by molar-refractivity contribution is 6.35. The largest absolute Gasteiger partial charge is 0.451 e. The Morgan fingerprint density at radius 1 is 1.40 bits per heavy atom. The van der Waals surface area contributed by atoms with Gasteiger partial charge in [0, 0.05) is 0 Å². The summed E-state index contributed by atoms with van der Waals surface area (Å²) in [5.74, 6) is -2.34. The van der Waals surface area contributed by atoms with E-state index in [0.29, 0.717) is 6.21 Å². The molecule has 0 aromatic rings. The van der Waals surface area contributed by atoms with Crippen molar-refractivity contribution >= 4 is 18.0 Å². The van der Waals surface area contributed by atoms with Crippen LogP contribution in [0.15, 0.2) is 9.98 Å². The van der Waals surface area contributed by atoms with Crippen molar-refractivity contribution in [2.45, 2.75) is 6.18 Å². The first-order valence-electron chi connectivity index (χ1n) is 2.24. The van der Waals surface area contributed by atoms with Crippen LogP contribution >= 0.6 is 0 Å². The van der Waals surface area contributed by atoms with E-state index >= 15 is 0 Å². The minimum atomic E-state index is -4.61. The Bertz CT molecular complexity index is 227. The number of aliphatic imine (C=N–C) groups is 2. The third-order valence-electron chi connectivity index (χ3n) is 0.767. The summed E-state index contributed by atoms with van der Waals surface area (Å²) in [5.41, 5.74) is 0. The first kappa shape index (κ1) is 6.91. The number of nitrogens with zero attached hydrogens (tertiary/aromatic N) is 2. The maximum Gasteiger partial charge on any atom is 0.451 e. The Balaban J connectivity index is 2.88. The van der Waals surface area contributed by atoms with Crippen molar-refractivity contribution in [3.8, 4) is 0 Å². The van der Waals surface area contributed by atoms with Crippen molar-refractivity contribution in [2.24, 2.45) is 9.98 Å². The van der Waals surface area contributed by atoms with E-state index in [2.05, 4.69) is 9.98 Å². The number of amides is 1. The van der Waals surface area contributed by atoms with Crippen LogP contribution in [-0.2, 0) is 4.79 Å². The molecule has 0 saturated carbocycles. The molecule has 0 bridgehead atoms. The second kappa shape index (κ2) is 1.89. The van der Waals surface area contributed by atoms with Gasteiger partial charge in [0.25, 0.3) is 5.91 Å². The lowest BCUT2D eigenvalue weighted by Crippen LogP contribution is -2.19. The van der Waals surface area contributed by atoms with E-state index in [4.69, 9.17) is 0 Å². The maximum atomic E-state index is 11.5. The lowest BCUT2D eigenvalue weighted by molar-refractivity contribution is -0.111. The zero-order valence-corrected chi connectivity index (χ0v) is 4.51. The Labute approximate surface area is 53.3 Å². The molecule has 0 spiro atoms. The monoisotopic (exact) mass is 150 g/mol. The van der Waals surface area contributed by atoms with Crippen LogP contribution in [0.3, 0.4) is 0 Å². The van der Waals surface area contributed by atoms with Gasteiger partial charge in [-0.1, -0.05) is 0 Å². The molecule has 0 fully saturated rings. The predicted octanol–water partition coefficient (Wildman–Crippen LogP) is 0.558. The molecule has 6 heteroatoms. The molecule has 0 saturated heterocycles. The number of amidine groups is 1. The summed E-state index contributed by atoms with van der Waals surface area (Å²) in [6.45, 7) is 0. The molecule has 1 rings (SSSR count). The van der Waals surface area contributed by atoms with E-state index in [0.717, 1.165) is 0 Å². The third kappa shape index (κ3) is 1.20. The van der Waals surface area contributed by atoms with Gasteiger partial charge in [0.1, 0.15) is 0 Å². The summed E-state index contributed by atoms with van der Waals surface area (Å²) < 4.78 is 34.6. The number of hydrogen-bond acceptors (Lipinski definition) is 2. The van der Waals surface area contributed by atoms with Gasteiger partial charge in [-0.15, -0.1) is 0 Å². The molecule has 0 radical (unpaired) electrons. The van der Waals surface area contributed by atoms with Gasteiger partial charge in [-0.05, 0) is 0 Å². The average molecular weight is 150 g/mol. The standard InChI is InChI=1S/C4HF3N2O/c5-4(6,7)3-8-1-2(10)9-3/h1H. The van der Waals surface area contributed by atoms with Crippen molar-refractivity contribution in [2.75, 3.05) is 0 Å². The number of carbonyl (C=O) groups excluding carboxylic acids is 1. The molecule has 0 atom stereocenters. The van der Waals surface area contributed by atoms with E-state index in [1.807, 2.05) is 0 Å².